The highest BCUT2D eigenvalue weighted by atomic mass is 35.5. The van der Waals surface area contributed by atoms with Gasteiger partial charge in [-0.3, -0.25) is 4.79 Å². The molecule has 0 aliphatic heterocycles. The van der Waals surface area contributed by atoms with Crippen molar-refractivity contribution in [2.45, 2.75) is 26.7 Å². The van der Waals surface area contributed by atoms with E-state index in [1.54, 1.807) is 12.1 Å². The summed E-state index contributed by atoms with van der Waals surface area (Å²) in [5.41, 5.74) is 5.43. The summed E-state index contributed by atoms with van der Waals surface area (Å²) in [6, 6.07) is 11.9. The number of carbonyl (C=O) groups excluding carboxylic acids is 1. The summed E-state index contributed by atoms with van der Waals surface area (Å²) in [5, 5.41) is 0.621. The van der Waals surface area contributed by atoms with Gasteiger partial charge in [0.15, 0.2) is 0 Å². The van der Waals surface area contributed by atoms with Crippen molar-refractivity contribution in [2.24, 2.45) is 0 Å². The Balaban J connectivity index is 2.50. The molecule has 2 aromatic rings. The molecule has 0 saturated heterocycles. The summed E-state index contributed by atoms with van der Waals surface area (Å²) >= 11 is 6.25. The number of hydrogen-bond donors (Lipinski definition) is 0. The standard InChI is InChI=1S/C17H17ClO/c1-3-13-6-7-15(10-14(13)4-2)16-8-5-12(11-19)9-17(16)18/h5-11H,3-4H2,1-2H3. The van der Waals surface area contributed by atoms with Crippen molar-refractivity contribution in [3.8, 4) is 11.1 Å². The third kappa shape index (κ3) is 2.87. The summed E-state index contributed by atoms with van der Waals surface area (Å²) in [4.78, 5) is 10.7. The van der Waals surface area contributed by atoms with Gasteiger partial charge in [-0.2, -0.15) is 0 Å². The monoisotopic (exact) mass is 272 g/mol. The van der Waals surface area contributed by atoms with Crippen LogP contribution in [0.5, 0.6) is 0 Å². The van der Waals surface area contributed by atoms with Crippen molar-refractivity contribution >= 4 is 17.9 Å². The van der Waals surface area contributed by atoms with E-state index in [4.69, 9.17) is 11.6 Å². The van der Waals surface area contributed by atoms with E-state index in [-0.39, 0.29) is 0 Å². The Labute approximate surface area is 119 Å². The van der Waals surface area contributed by atoms with Gasteiger partial charge in [-0.05, 0) is 35.6 Å². The molecule has 0 aliphatic rings. The van der Waals surface area contributed by atoms with Gasteiger partial charge in [0.25, 0.3) is 0 Å². The lowest BCUT2D eigenvalue weighted by molar-refractivity contribution is 0.112. The topological polar surface area (TPSA) is 17.1 Å². The van der Waals surface area contributed by atoms with E-state index in [2.05, 4.69) is 32.0 Å². The highest BCUT2D eigenvalue weighted by molar-refractivity contribution is 6.33. The van der Waals surface area contributed by atoms with Gasteiger partial charge < -0.3 is 0 Å². The minimum Gasteiger partial charge on any atom is -0.298 e. The molecule has 0 radical (unpaired) electrons. The molecule has 0 amide bonds. The fourth-order valence-electron chi connectivity index (χ4n) is 2.31. The van der Waals surface area contributed by atoms with Gasteiger partial charge in [0.1, 0.15) is 6.29 Å². The number of halogens is 1. The van der Waals surface area contributed by atoms with Crippen LogP contribution in [-0.4, -0.2) is 6.29 Å². The Morgan fingerprint density at radius 1 is 1.00 bits per heavy atom. The number of aldehydes is 1. The summed E-state index contributed by atoms with van der Waals surface area (Å²) in [5.74, 6) is 0. The fraction of sp³-hybridized carbons (Fsp3) is 0.235. The van der Waals surface area contributed by atoms with Gasteiger partial charge in [0.2, 0.25) is 0 Å². The lowest BCUT2D eigenvalue weighted by atomic mass is 9.96. The molecule has 1 nitrogen and oxygen atoms in total. The number of carbonyl (C=O) groups is 1. The maximum atomic E-state index is 10.7. The normalized spacial score (nSPS) is 10.5. The molecule has 0 unspecified atom stereocenters. The Morgan fingerprint density at radius 2 is 1.74 bits per heavy atom. The minimum absolute atomic E-state index is 0.606. The molecule has 0 spiro atoms. The molecule has 2 heteroatoms. The fourth-order valence-corrected chi connectivity index (χ4v) is 2.60. The van der Waals surface area contributed by atoms with E-state index < -0.39 is 0 Å². The van der Waals surface area contributed by atoms with Crippen molar-refractivity contribution < 1.29 is 4.79 Å². The van der Waals surface area contributed by atoms with E-state index in [9.17, 15) is 4.79 Å². The molecule has 0 fully saturated rings. The van der Waals surface area contributed by atoms with Crippen LogP contribution in [0, 0.1) is 0 Å². The summed E-state index contributed by atoms with van der Waals surface area (Å²) in [6.07, 6.45) is 2.87. The second-order valence-electron chi connectivity index (χ2n) is 4.55. The van der Waals surface area contributed by atoms with E-state index in [1.165, 1.54) is 11.1 Å². The molecule has 0 bridgehead atoms. The first kappa shape index (κ1) is 13.8. The Hall–Kier alpha value is -1.60. The molecule has 0 aromatic heterocycles. The van der Waals surface area contributed by atoms with E-state index in [0.717, 1.165) is 30.3 Å². The van der Waals surface area contributed by atoms with Gasteiger partial charge >= 0.3 is 0 Å². The number of rotatable bonds is 4. The molecular formula is C17H17ClO. The second-order valence-corrected chi connectivity index (χ2v) is 4.95. The lowest BCUT2D eigenvalue weighted by Gasteiger charge is -2.10. The van der Waals surface area contributed by atoms with Gasteiger partial charge in [-0.1, -0.05) is 55.8 Å². The SMILES string of the molecule is CCc1ccc(-c2ccc(C=O)cc2Cl)cc1CC. The van der Waals surface area contributed by atoms with Crippen molar-refractivity contribution in [1.82, 2.24) is 0 Å². The molecule has 19 heavy (non-hydrogen) atoms. The molecule has 0 saturated carbocycles. The third-order valence-electron chi connectivity index (χ3n) is 3.41. The average molecular weight is 273 g/mol. The average Bonchev–Trinajstić information content (AvgIpc) is 2.46. The quantitative estimate of drug-likeness (QED) is 0.720. The molecule has 2 rings (SSSR count). The van der Waals surface area contributed by atoms with E-state index in [0.29, 0.717) is 10.6 Å². The van der Waals surface area contributed by atoms with Crippen LogP contribution in [0.4, 0.5) is 0 Å². The molecule has 0 aliphatic carbocycles. The zero-order valence-electron chi connectivity index (χ0n) is 11.2. The third-order valence-corrected chi connectivity index (χ3v) is 3.72. The smallest absolute Gasteiger partial charge is 0.150 e. The van der Waals surface area contributed by atoms with Crippen molar-refractivity contribution in [3.63, 3.8) is 0 Å². The zero-order valence-corrected chi connectivity index (χ0v) is 12.0. The summed E-state index contributed by atoms with van der Waals surface area (Å²) < 4.78 is 0. The van der Waals surface area contributed by atoms with Crippen LogP contribution < -0.4 is 0 Å². The largest absolute Gasteiger partial charge is 0.298 e. The Morgan fingerprint density at radius 3 is 2.32 bits per heavy atom. The molecule has 0 N–H and O–H groups in total. The predicted octanol–water partition coefficient (Wildman–Crippen LogP) is 4.94. The Kier molecular flexibility index (Phi) is 4.39. The zero-order chi connectivity index (χ0) is 13.8. The van der Waals surface area contributed by atoms with Gasteiger partial charge in [0, 0.05) is 16.1 Å². The number of hydrogen-bond acceptors (Lipinski definition) is 1. The Bertz CT molecular complexity index is 602. The maximum Gasteiger partial charge on any atom is 0.150 e. The van der Waals surface area contributed by atoms with Gasteiger partial charge in [-0.15, -0.1) is 0 Å². The highest BCUT2D eigenvalue weighted by Gasteiger charge is 2.07. The van der Waals surface area contributed by atoms with Gasteiger partial charge in [0.05, 0.1) is 0 Å². The van der Waals surface area contributed by atoms with Crippen molar-refractivity contribution in [3.05, 3.63) is 58.1 Å². The second kappa shape index (κ2) is 6.03. The van der Waals surface area contributed by atoms with Crippen LogP contribution in [-0.2, 0) is 12.8 Å². The number of aryl methyl sites for hydroxylation is 2. The van der Waals surface area contributed by atoms with Crippen LogP contribution in [0.2, 0.25) is 5.02 Å². The van der Waals surface area contributed by atoms with E-state index in [1.807, 2.05) is 6.07 Å². The van der Waals surface area contributed by atoms with Crippen LogP contribution in [0.1, 0.15) is 35.3 Å². The van der Waals surface area contributed by atoms with Crippen molar-refractivity contribution in [1.29, 1.82) is 0 Å². The first-order chi connectivity index (χ1) is 9.19. The molecule has 98 valence electrons. The molecule has 0 heterocycles. The number of benzene rings is 2. The predicted molar refractivity (Wildman–Crippen MR) is 81.0 cm³/mol. The first-order valence-electron chi connectivity index (χ1n) is 6.56. The van der Waals surface area contributed by atoms with Gasteiger partial charge in [-0.25, -0.2) is 0 Å². The maximum absolute atomic E-state index is 10.7. The first-order valence-corrected chi connectivity index (χ1v) is 6.94. The van der Waals surface area contributed by atoms with Crippen LogP contribution in [0.3, 0.4) is 0 Å². The van der Waals surface area contributed by atoms with Crippen LogP contribution in [0.15, 0.2) is 36.4 Å². The lowest BCUT2D eigenvalue weighted by Crippen LogP contribution is -1.92. The highest BCUT2D eigenvalue weighted by Crippen LogP contribution is 2.30. The van der Waals surface area contributed by atoms with Crippen molar-refractivity contribution in [2.75, 3.05) is 0 Å². The summed E-state index contributed by atoms with van der Waals surface area (Å²) in [6.45, 7) is 4.33. The summed E-state index contributed by atoms with van der Waals surface area (Å²) in [7, 11) is 0. The molecular weight excluding hydrogens is 256 g/mol. The van der Waals surface area contributed by atoms with E-state index >= 15 is 0 Å². The van der Waals surface area contributed by atoms with Crippen LogP contribution >= 0.6 is 11.6 Å². The van der Waals surface area contributed by atoms with Crippen LogP contribution in [0.25, 0.3) is 11.1 Å². The minimum atomic E-state index is 0.606. The molecule has 0 atom stereocenters. The molecule has 2 aromatic carbocycles.